The Morgan fingerprint density at radius 2 is 1.09 bits per heavy atom. The molecule has 0 aromatic heterocycles. The quantitative estimate of drug-likeness (QED) is 0.177. The summed E-state index contributed by atoms with van der Waals surface area (Å²) in [4.78, 5) is 12.4. The fourth-order valence-electron chi connectivity index (χ4n) is 14.0. The Hall–Kier alpha value is -1.09. The minimum atomic E-state index is -0.864. The predicted molar refractivity (Wildman–Crippen MR) is 244 cm³/mol. The molecule has 10 fully saturated rings. The van der Waals surface area contributed by atoms with Crippen LogP contribution in [0.4, 0.5) is 0 Å². The zero-order valence-corrected chi connectivity index (χ0v) is 42.1. The van der Waals surface area contributed by atoms with Crippen LogP contribution in [0.1, 0.15) is 145 Å². The van der Waals surface area contributed by atoms with E-state index in [1.54, 1.807) is 0 Å². The van der Waals surface area contributed by atoms with Crippen LogP contribution in [0.15, 0.2) is 0 Å². The largest absolute Gasteiger partial charge is 0.462 e. The average molecular weight is 965 g/mol. The molecule has 0 aliphatic carbocycles. The smallest absolute Gasteiger partial charge is 0.302 e. The second-order valence-electron chi connectivity index (χ2n) is 22.0. The van der Waals surface area contributed by atoms with Crippen LogP contribution in [0.25, 0.3) is 0 Å². The SMILES string of the molecule is CCOC(C)O[C@@H]1CO[C@]2(C1)O[C@@H]1[C@H](O[C@H]3C[C@H]4O[C@H]5C[C@H]6O[C@H]7C[C@@H](OC(C)=O)CC[C@H]8O[C@H]9CCCO[C@@H]9C[C@@H]8O[C@@H]7CC[C@@H]6O[C@@H]5CCC[C@@H]4O[C@@H]3[C@@H](C)[C@@H]1OC(C)OCC)[C@@H](C)[C@@H]2C. The van der Waals surface area contributed by atoms with Crippen LogP contribution in [0.5, 0.6) is 0 Å². The molecule has 0 amide bonds. The maximum atomic E-state index is 12.4. The summed E-state index contributed by atoms with van der Waals surface area (Å²) in [5, 5.41) is 0. The second-order valence-corrected chi connectivity index (χ2v) is 22.0. The van der Waals surface area contributed by atoms with Gasteiger partial charge in [-0.15, -0.1) is 0 Å². The van der Waals surface area contributed by atoms with Crippen LogP contribution in [-0.4, -0.2) is 167 Å². The van der Waals surface area contributed by atoms with Gasteiger partial charge in [-0.3, -0.25) is 4.79 Å². The van der Waals surface area contributed by atoms with Gasteiger partial charge in [-0.05, 0) is 91.4 Å². The van der Waals surface area contributed by atoms with E-state index in [0.29, 0.717) is 51.9 Å². The number of esters is 1. The normalized spacial score (nSPS) is 50.4. The van der Waals surface area contributed by atoms with Gasteiger partial charge in [-0.2, -0.15) is 0 Å². The van der Waals surface area contributed by atoms with Crippen molar-refractivity contribution in [3.8, 4) is 0 Å². The number of hydrogen-bond donors (Lipinski definition) is 0. The van der Waals surface area contributed by atoms with Crippen molar-refractivity contribution >= 4 is 5.97 Å². The molecular formula is C52H84O16. The summed E-state index contributed by atoms with van der Waals surface area (Å²) in [6.07, 6.45) is 6.86. The van der Waals surface area contributed by atoms with Crippen molar-refractivity contribution in [1.29, 1.82) is 0 Å². The van der Waals surface area contributed by atoms with Crippen molar-refractivity contribution in [3.05, 3.63) is 0 Å². The Labute approximate surface area is 404 Å². The molecule has 16 nitrogen and oxygen atoms in total. The number of ether oxygens (including phenoxy) is 15. The zero-order chi connectivity index (χ0) is 47.3. The summed E-state index contributed by atoms with van der Waals surface area (Å²) in [5.74, 6) is -1.16. The summed E-state index contributed by atoms with van der Waals surface area (Å²) >= 11 is 0. The number of carbonyl (C=O) groups excluding carboxylic acids is 1. The minimum Gasteiger partial charge on any atom is -0.462 e. The highest BCUT2D eigenvalue weighted by molar-refractivity contribution is 5.66. The van der Waals surface area contributed by atoms with Crippen LogP contribution in [0.3, 0.4) is 0 Å². The first-order valence-electron chi connectivity index (χ1n) is 27.1. The first kappa shape index (κ1) is 50.4. The molecule has 10 saturated heterocycles. The second kappa shape index (κ2) is 21.8. The summed E-state index contributed by atoms with van der Waals surface area (Å²) in [6, 6.07) is 0. The molecule has 2 unspecified atom stereocenters. The van der Waals surface area contributed by atoms with Gasteiger partial charge >= 0.3 is 5.97 Å². The third-order valence-corrected chi connectivity index (χ3v) is 17.5. The van der Waals surface area contributed by atoms with E-state index in [1.165, 1.54) is 6.92 Å². The van der Waals surface area contributed by atoms with E-state index in [-0.39, 0.29) is 140 Å². The van der Waals surface area contributed by atoms with Crippen molar-refractivity contribution in [1.82, 2.24) is 0 Å². The van der Waals surface area contributed by atoms with Gasteiger partial charge in [0.05, 0.1) is 110 Å². The van der Waals surface area contributed by atoms with Gasteiger partial charge in [0.2, 0.25) is 0 Å². The van der Waals surface area contributed by atoms with E-state index < -0.39 is 18.2 Å². The van der Waals surface area contributed by atoms with Crippen LogP contribution >= 0.6 is 0 Å². The van der Waals surface area contributed by atoms with Gasteiger partial charge < -0.3 is 71.1 Å². The monoisotopic (exact) mass is 965 g/mol. The van der Waals surface area contributed by atoms with Crippen LogP contribution in [0, 0.1) is 17.8 Å². The van der Waals surface area contributed by atoms with Crippen LogP contribution in [0.2, 0.25) is 0 Å². The molecule has 0 saturated carbocycles. The molecule has 10 heterocycles. The fraction of sp³-hybridized carbons (Fsp3) is 0.981. The van der Waals surface area contributed by atoms with E-state index in [4.69, 9.17) is 71.1 Å². The van der Waals surface area contributed by atoms with Crippen molar-refractivity contribution < 1.29 is 75.8 Å². The molecule has 0 radical (unpaired) electrons. The van der Waals surface area contributed by atoms with Gasteiger partial charge in [0.15, 0.2) is 18.4 Å². The molecule has 16 heteroatoms. The molecule has 10 aliphatic heterocycles. The molecule has 0 bridgehead atoms. The Kier molecular flexibility index (Phi) is 16.2. The van der Waals surface area contributed by atoms with Gasteiger partial charge in [-0.1, -0.05) is 20.8 Å². The highest BCUT2D eigenvalue weighted by atomic mass is 16.8. The van der Waals surface area contributed by atoms with E-state index in [2.05, 4.69) is 20.8 Å². The number of fused-ring (bicyclic) bond motifs is 8. The molecule has 25 atom stereocenters. The van der Waals surface area contributed by atoms with E-state index >= 15 is 0 Å². The Morgan fingerprint density at radius 1 is 0.559 bits per heavy atom. The molecule has 0 aromatic carbocycles. The van der Waals surface area contributed by atoms with Crippen molar-refractivity contribution in [2.45, 2.75) is 280 Å². The average Bonchev–Trinajstić information content (AvgIpc) is 3.60. The van der Waals surface area contributed by atoms with Gasteiger partial charge in [0, 0.05) is 70.7 Å². The first-order chi connectivity index (χ1) is 32.9. The topological polar surface area (TPSA) is 156 Å². The van der Waals surface area contributed by atoms with Crippen molar-refractivity contribution in [2.75, 3.05) is 26.4 Å². The van der Waals surface area contributed by atoms with Gasteiger partial charge in [0.1, 0.15) is 12.2 Å². The molecular weight excluding hydrogens is 881 g/mol. The third-order valence-electron chi connectivity index (χ3n) is 17.5. The van der Waals surface area contributed by atoms with Crippen LogP contribution < -0.4 is 0 Å². The number of carbonyl (C=O) groups is 1. The first-order valence-corrected chi connectivity index (χ1v) is 27.1. The summed E-state index contributed by atoms with van der Waals surface area (Å²) in [6.45, 7) is 18.3. The highest BCUT2D eigenvalue weighted by Crippen LogP contribution is 2.52. The maximum absolute atomic E-state index is 12.4. The Bertz CT molecular complexity index is 1660. The highest BCUT2D eigenvalue weighted by Gasteiger charge is 2.62. The lowest BCUT2D eigenvalue weighted by Gasteiger charge is -2.51. The molecule has 0 N–H and O–H groups in total. The predicted octanol–water partition coefficient (Wildman–Crippen LogP) is 6.72. The number of rotatable bonds is 9. The molecule has 0 aromatic rings. The summed E-state index contributed by atoms with van der Waals surface area (Å²) in [5.41, 5.74) is 0. The number of hydrogen-bond acceptors (Lipinski definition) is 16. The molecule has 10 aliphatic rings. The fourth-order valence-corrected chi connectivity index (χ4v) is 14.0. The van der Waals surface area contributed by atoms with Gasteiger partial charge in [-0.25, -0.2) is 0 Å². The van der Waals surface area contributed by atoms with Crippen molar-refractivity contribution in [2.24, 2.45) is 17.8 Å². The molecule has 68 heavy (non-hydrogen) atoms. The standard InChI is InChI=1S/C52H84O16/c1-9-54-31(7)59-34-25-52(57-26-34)29(5)27(3)49-51(68-52)50(60-32(8)55-10-2)28(4)48-47(67-49)24-46-37(66-48)14-11-13-36-44(65-46)23-45-40(62-36)19-18-39-42(64-45)21-33(58-30(6)53)16-17-38-43(63-39)22-41-35(61-38)15-12-20-56-41/h27-29,31-51H,9-26H2,1-8H3/t27-,28+,29-,31?,32?,33-,34-,35-,36+,37-,38+,39+,40-,41+,42-,43-,44-,45+,46+,47-,48+,49+,50-,51+,52+/m0/s1. The lowest BCUT2D eigenvalue weighted by atomic mass is 9.75. The lowest BCUT2D eigenvalue weighted by molar-refractivity contribution is -0.347. The molecule has 10 rings (SSSR count). The zero-order valence-electron chi connectivity index (χ0n) is 42.1. The Balaban J connectivity index is 0.854. The minimum absolute atomic E-state index is 0.00587. The van der Waals surface area contributed by atoms with E-state index in [1.807, 2.05) is 27.7 Å². The summed E-state index contributed by atoms with van der Waals surface area (Å²) in [7, 11) is 0. The van der Waals surface area contributed by atoms with Gasteiger partial charge in [0.25, 0.3) is 0 Å². The third kappa shape index (κ3) is 10.6. The molecule has 388 valence electrons. The van der Waals surface area contributed by atoms with Crippen molar-refractivity contribution in [3.63, 3.8) is 0 Å². The van der Waals surface area contributed by atoms with E-state index in [0.717, 1.165) is 64.4 Å². The lowest BCUT2D eigenvalue weighted by Crippen LogP contribution is -2.61. The van der Waals surface area contributed by atoms with E-state index in [9.17, 15) is 4.79 Å². The Morgan fingerprint density at radius 3 is 1.76 bits per heavy atom. The molecule has 1 spiro atoms. The maximum Gasteiger partial charge on any atom is 0.302 e. The van der Waals surface area contributed by atoms with Crippen LogP contribution in [-0.2, 0) is 75.8 Å². The summed E-state index contributed by atoms with van der Waals surface area (Å²) < 4.78 is 101.